The number of hydrogen-bond acceptors (Lipinski definition) is 3. The summed E-state index contributed by atoms with van der Waals surface area (Å²) in [6.45, 7) is 1.83. The summed E-state index contributed by atoms with van der Waals surface area (Å²) in [4.78, 5) is 19.3. The number of aromatic nitrogens is 2. The van der Waals surface area contributed by atoms with E-state index in [1.54, 1.807) is 12.1 Å². The molecule has 1 N–H and O–H groups in total. The Balaban J connectivity index is 2.22. The summed E-state index contributed by atoms with van der Waals surface area (Å²) in [5.41, 5.74) is -0.414. The number of anilines is 1. The van der Waals surface area contributed by atoms with E-state index in [4.69, 9.17) is 11.6 Å². The van der Waals surface area contributed by atoms with Crippen LogP contribution in [0.25, 0.3) is 0 Å². The molecule has 110 valence electrons. The van der Waals surface area contributed by atoms with Gasteiger partial charge in [0.05, 0.1) is 10.6 Å². The van der Waals surface area contributed by atoms with E-state index in [9.17, 15) is 18.0 Å². The zero-order chi connectivity index (χ0) is 15.6. The first kappa shape index (κ1) is 15.2. The van der Waals surface area contributed by atoms with Crippen LogP contribution in [0.3, 0.4) is 0 Å². The van der Waals surface area contributed by atoms with Crippen molar-refractivity contribution in [3.63, 3.8) is 0 Å². The van der Waals surface area contributed by atoms with E-state index < -0.39 is 17.6 Å². The average Bonchev–Trinajstić information content (AvgIpc) is 2.40. The SMILES string of the molecule is Cc1ccc(NC(=O)c2ncc(C(F)(F)F)cc2Cl)nc1. The number of rotatable bonds is 2. The van der Waals surface area contributed by atoms with Crippen molar-refractivity contribution in [3.05, 3.63) is 52.4 Å². The largest absolute Gasteiger partial charge is 0.417 e. The minimum atomic E-state index is -4.57. The van der Waals surface area contributed by atoms with Crippen LogP contribution in [-0.2, 0) is 6.18 Å². The maximum Gasteiger partial charge on any atom is 0.417 e. The third-order valence-corrected chi connectivity index (χ3v) is 2.82. The highest BCUT2D eigenvalue weighted by atomic mass is 35.5. The summed E-state index contributed by atoms with van der Waals surface area (Å²) in [5, 5.41) is 2.03. The lowest BCUT2D eigenvalue weighted by atomic mass is 10.2. The van der Waals surface area contributed by atoms with Crippen LogP contribution in [-0.4, -0.2) is 15.9 Å². The molecule has 1 amide bonds. The lowest BCUT2D eigenvalue weighted by Gasteiger charge is -2.09. The maximum atomic E-state index is 12.5. The molecule has 0 aliphatic heterocycles. The number of aryl methyl sites for hydroxylation is 1. The highest BCUT2D eigenvalue weighted by Crippen LogP contribution is 2.31. The van der Waals surface area contributed by atoms with E-state index in [1.165, 1.54) is 6.20 Å². The zero-order valence-corrected chi connectivity index (χ0v) is 11.5. The van der Waals surface area contributed by atoms with E-state index >= 15 is 0 Å². The number of hydrogen-bond donors (Lipinski definition) is 1. The normalized spacial score (nSPS) is 11.3. The summed E-state index contributed by atoms with van der Waals surface area (Å²) < 4.78 is 37.4. The predicted octanol–water partition coefficient (Wildman–Crippen LogP) is 3.71. The third kappa shape index (κ3) is 3.69. The van der Waals surface area contributed by atoms with Gasteiger partial charge in [0, 0.05) is 12.4 Å². The number of amides is 1. The first-order chi connectivity index (χ1) is 9.77. The van der Waals surface area contributed by atoms with Crippen LogP contribution in [0, 0.1) is 6.92 Å². The van der Waals surface area contributed by atoms with Gasteiger partial charge in [0.15, 0.2) is 0 Å². The van der Waals surface area contributed by atoms with Gasteiger partial charge >= 0.3 is 6.18 Å². The molecule has 2 rings (SSSR count). The number of carbonyl (C=O) groups excluding carboxylic acids is 1. The number of alkyl halides is 3. The van der Waals surface area contributed by atoms with Crippen LogP contribution in [0.4, 0.5) is 19.0 Å². The Kier molecular flexibility index (Phi) is 4.13. The molecule has 0 saturated carbocycles. The second-order valence-electron chi connectivity index (χ2n) is 4.23. The van der Waals surface area contributed by atoms with Gasteiger partial charge in [-0.1, -0.05) is 17.7 Å². The Morgan fingerprint density at radius 2 is 1.95 bits per heavy atom. The van der Waals surface area contributed by atoms with Crippen LogP contribution in [0.15, 0.2) is 30.6 Å². The molecule has 4 nitrogen and oxygen atoms in total. The number of pyridine rings is 2. The summed E-state index contributed by atoms with van der Waals surface area (Å²) in [6, 6.07) is 3.95. The smallest absolute Gasteiger partial charge is 0.305 e. The molecule has 0 aliphatic carbocycles. The van der Waals surface area contributed by atoms with Gasteiger partial charge in [-0.3, -0.25) is 4.79 Å². The number of nitrogens with one attached hydrogen (secondary N) is 1. The first-order valence-electron chi connectivity index (χ1n) is 5.74. The quantitative estimate of drug-likeness (QED) is 0.919. The van der Waals surface area contributed by atoms with Gasteiger partial charge in [-0.25, -0.2) is 9.97 Å². The van der Waals surface area contributed by atoms with Crippen molar-refractivity contribution in [1.29, 1.82) is 0 Å². The van der Waals surface area contributed by atoms with Crippen molar-refractivity contribution >= 4 is 23.3 Å². The van der Waals surface area contributed by atoms with Crippen LogP contribution >= 0.6 is 11.6 Å². The van der Waals surface area contributed by atoms with Crippen LogP contribution in [0.1, 0.15) is 21.6 Å². The summed E-state index contributed by atoms with van der Waals surface area (Å²) in [5.74, 6) is -0.478. The molecular formula is C13H9ClF3N3O. The van der Waals surface area contributed by atoms with Crippen molar-refractivity contribution in [1.82, 2.24) is 9.97 Å². The minimum absolute atomic E-state index is 0.253. The standard InChI is InChI=1S/C13H9ClF3N3O/c1-7-2-3-10(18-5-7)20-12(21)11-9(14)4-8(6-19-11)13(15,16)17/h2-6H,1H3,(H,18,20,21). The van der Waals surface area contributed by atoms with Gasteiger partial charge in [-0.15, -0.1) is 0 Å². The third-order valence-electron chi connectivity index (χ3n) is 2.54. The van der Waals surface area contributed by atoms with Gasteiger partial charge in [0.2, 0.25) is 0 Å². The molecule has 2 aromatic rings. The molecule has 0 unspecified atom stereocenters. The van der Waals surface area contributed by atoms with E-state index in [1.807, 2.05) is 6.92 Å². The van der Waals surface area contributed by atoms with Gasteiger partial charge in [0.25, 0.3) is 5.91 Å². The van der Waals surface area contributed by atoms with Crippen LogP contribution in [0.5, 0.6) is 0 Å². The van der Waals surface area contributed by atoms with Gasteiger partial charge < -0.3 is 5.32 Å². The molecule has 0 aliphatic rings. The molecule has 0 radical (unpaired) electrons. The number of carbonyl (C=O) groups is 1. The van der Waals surface area contributed by atoms with E-state index in [0.29, 0.717) is 12.3 Å². The second kappa shape index (κ2) is 5.69. The van der Waals surface area contributed by atoms with Crippen molar-refractivity contribution in [2.24, 2.45) is 0 Å². The van der Waals surface area contributed by atoms with E-state index in [2.05, 4.69) is 15.3 Å². The fourth-order valence-corrected chi connectivity index (χ4v) is 1.73. The Morgan fingerprint density at radius 1 is 1.24 bits per heavy atom. The van der Waals surface area contributed by atoms with Gasteiger partial charge in [-0.05, 0) is 24.6 Å². The fraction of sp³-hybridized carbons (Fsp3) is 0.154. The molecule has 21 heavy (non-hydrogen) atoms. The predicted molar refractivity (Wildman–Crippen MR) is 71.2 cm³/mol. The van der Waals surface area contributed by atoms with Crippen molar-refractivity contribution in [2.45, 2.75) is 13.1 Å². The van der Waals surface area contributed by atoms with Gasteiger partial charge in [-0.2, -0.15) is 13.2 Å². The average molecular weight is 316 g/mol. The molecule has 0 atom stereocenters. The van der Waals surface area contributed by atoms with Crippen LogP contribution < -0.4 is 5.32 Å². The molecule has 2 heterocycles. The second-order valence-corrected chi connectivity index (χ2v) is 4.63. The topological polar surface area (TPSA) is 54.9 Å². The van der Waals surface area contributed by atoms with Crippen molar-refractivity contribution < 1.29 is 18.0 Å². The Bertz CT molecular complexity index is 671. The van der Waals surface area contributed by atoms with Gasteiger partial charge in [0.1, 0.15) is 11.5 Å². The molecule has 0 fully saturated rings. The van der Waals surface area contributed by atoms with Crippen LogP contribution in [0.2, 0.25) is 5.02 Å². The molecule has 8 heteroatoms. The fourth-order valence-electron chi connectivity index (χ4n) is 1.48. The highest BCUT2D eigenvalue weighted by molar-refractivity contribution is 6.34. The molecular weight excluding hydrogens is 307 g/mol. The molecule has 0 saturated heterocycles. The van der Waals surface area contributed by atoms with Crippen molar-refractivity contribution in [2.75, 3.05) is 5.32 Å². The van der Waals surface area contributed by atoms with E-state index in [-0.39, 0.29) is 16.5 Å². The van der Waals surface area contributed by atoms with E-state index in [0.717, 1.165) is 5.56 Å². The minimum Gasteiger partial charge on any atom is -0.305 e. The summed E-state index contributed by atoms with van der Waals surface area (Å²) in [6.07, 6.45) is -2.47. The zero-order valence-electron chi connectivity index (χ0n) is 10.7. The Labute approximate surface area is 123 Å². The molecule has 0 bridgehead atoms. The lowest BCUT2D eigenvalue weighted by molar-refractivity contribution is -0.137. The number of nitrogens with zero attached hydrogens (tertiary/aromatic N) is 2. The van der Waals surface area contributed by atoms with Crippen molar-refractivity contribution in [3.8, 4) is 0 Å². The lowest BCUT2D eigenvalue weighted by Crippen LogP contribution is -2.16. The number of halogens is 4. The summed E-state index contributed by atoms with van der Waals surface area (Å²) >= 11 is 5.68. The molecule has 0 aromatic carbocycles. The summed E-state index contributed by atoms with van der Waals surface area (Å²) in [7, 11) is 0. The Morgan fingerprint density at radius 3 is 2.48 bits per heavy atom. The molecule has 2 aromatic heterocycles. The Hall–Kier alpha value is -2.15. The monoisotopic (exact) mass is 315 g/mol. The highest BCUT2D eigenvalue weighted by Gasteiger charge is 2.32. The molecule has 0 spiro atoms. The maximum absolute atomic E-state index is 12.5. The first-order valence-corrected chi connectivity index (χ1v) is 6.12.